The van der Waals surface area contributed by atoms with Crippen molar-refractivity contribution in [2.75, 3.05) is 0 Å². The first-order chi connectivity index (χ1) is 17.1. The number of amides is 1. The molecule has 0 unspecified atom stereocenters. The molecule has 1 amide bonds. The average Bonchev–Trinajstić information content (AvgIpc) is 3.44. The third-order valence-electron chi connectivity index (χ3n) is 6.86. The molecule has 1 aliphatic carbocycles. The first-order valence-corrected chi connectivity index (χ1v) is 11.8. The number of nitrogens with zero attached hydrogens (tertiary/aromatic N) is 2. The molecule has 6 rings (SSSR count). The van der Waals surface area contributed by atoms with Crippen LogP contribution in [0.25, 0.3) is 33.1 Å². The number of hydrogen-bond donors (Lipinski definition) is 3. The number of hydrogen-bond acceptors (Lipinski definition) is 4. The zero-order valence-electron chi connectivity index (χ0n) is 19.3. The number of rotatable bonds is 6. The highest BCUT2D eigenvalue weighted by Crippen LogP contribution is 2.41. The van der Waals surface area contributed by atoms with Gasteiger partial charge in [-0.05, 0) is 43.2 Å². The van der Waals surface area contributed by atoms with Gasteiger partial charge in [-0.15, -0.1) is 0 Å². The number of aryl methyl sites for hydroxylation is 1. The Morgan fingerprint density at radius 3 is 2.71 bits per heavy atom. The van der Waals surface area contributed by atoms with Gasteiger partial charge in [0.15, 0.2) is 5.75 Å². The minimum Gasteiger partial charge on any atom is -0.454 e. The van der Waals surface area contributed by atoms with Crippen LogP contribution >= 0.6 is 0 Å². The van der Waals surface area contributed by atoms with Crippen molar-refractivity contribution in [1.82, 2.24) is 24.8 Å². The summed E-state index contributed by atoms with van der Waals surface area (Å²) in [5, 5.41) is 3.84. The van der Waals surface area contributed by atoms with Crippen LogP contribution in [0, 0.1) is 5.92 Å². The van der Waals surface area contributed by atoms with E-state index in [1.54, 1.807) is 12.4 Å². The molecule has 2 aromatic carbocycles. The Hall–Kier alpha value is -4.33. The van der Waals surface area contributed by atoms with Crippen molar-refractivity contribution < 1.29 is 9.53 Å². The minimum absolute atomic E-state index is 0.0906. The Kier molecular flexibility index (Phi) is 5.13. The highest BCUT2D eigenvalue weighted by molar-refractivity contribution is 6.00. The van der Waals surface area contributed by atoms with E-state index in [1.165, 1.54) is 0 Å². The van der Waals surface area contributed by atoms with Gasteiger partial charge >= 0.3 is 0 Å². The maximum Gasteiger partial charge on any atom is 0.272 e. The standard InChI is InChI=1S/C27H25N5O3/c1-32-21-11-10-19(20-14-29-27(34)23-18(20)12-13-28-23)25(35-17-8-3-2-4-9-17)24(21)31-22(32)15-30-26(33)16-6-5-7-16/h2-4,8-14,16,28H,5-7,15H2,1H3,(H,29,34)(H,30,33). The lowest BCUT2D eigenvalue weighted by atomic mass is 9.85. The smallest absolute Gasteiger partial charge is 0.272 e. The van der Waals surface area contributed by atoms with Gasteiger partial charge in [0.25, 0.3) is 5.56 Å². The van der Waals surface area contributed by atoms with E-state index in [4.69, 9.17) is 9.72 Å². The molecular formula is C27H25N5O3. The summed E-state index contributed by atoms with van der Waals surface area (Å²) in [5.74, 6) is 2.23. The van der Waals surface area contributed by atoms with E-state index in [9.17, 15) is 9.59 Å². The number of aromatic nitrogens is 4. The first-order valence-electron chi connectivity index (χ1n) is 11.8. The molecule has 176 valence electrons. The second-order valence-corrected chi connectivity index (χ2v) is 8.96. The minimum atomic E-state index is -0.178. The van der Waals surface area contributed by atoms with Gasteiger partial charge in [-0.25, -0.2) is 4.98 Å². The van der Waals surface area contributed by atoms with Crippen molar-refractivity contribution in [2.24, 2.45) is 13.0 Å². The van der Waals surface area contributed by atoms with Gasteiger partial charge in [0.1, 0.15) is 22.6 Å². The van der Waals surface area contributed by atoms with Crippen LogP contribution in [0.4, 0.5) is 0 Å². The molecule has 0 aliphatic heterocycles. The molecule has 0 bridgehead atoms. The van der Waals surface area contributed by atoms with Gasteiger partial charge < -0.3 is 24.6 Å². The summed E-state index contributed by atoms with van der Waals surface area (Å²) in [4.78, 5) is 35.4. The van der Waals surface area contributed by atoms with Crippen molar-refractivity contribution in [3.05, 3.63) is 77.1 Å². The fraction of sp³-hybridized carbons (Fsp3) is 0.222. The molecule has 3 N–H and O–H groups in total. The van der Waals surface area contributed by atoms with Crippen molar-refractivity contribution >= 4 is 27.8 Å². The normalized spacial score (nSPS) is 13.7. The van der Waals surface area contributed by atoms with Crippen LogP contribution in [0.3, 0.4) is 0 Å². The number of pyridine rings is 1. The van der Waals surface area contributed by atoms with Crippen LogP contribution in [0.15, 0.2) is 65.7 Å². The van der Waals surface area contributed by atoms with Crippen LogP contribution in [-0.2, 0) is 18.4 Å². The van der Waals surface area contributed by atoms with Gasteiger partial charge in [-0.1, -0.05) is 24.6 Å². The summed E-state index contributed by atoms with van der Waals surface area (Å²) >= 11 is 0. The molecular weight excluding hydrogens is 442 g/mol. The van der Waals surface area contributed by atoms with Crippen LogP contribution in [0.5, 0.6) is 11.5 Å². The molecule has 5 aromatic rings. The average molecular weight is 468 g/mol. The molecule has 0 saturated heterocycles. The third kappa shape index (κ3) is 3.67. The van der Waals surface area contributed by atoms with E-state index in [0.29, 0.717) is 29.1 Å². The van der Waals surface area contributed by atoms with E-state index < -0.39 is 0 Å². The molecule has 3 heterocycles. The monoisotopic (exact) mass is 467 g/mol. The SMILES string of the molecule is Cn1c(CNC(=O)C2CCC2)nc2c(Oc3ccccc3)c(-c3c[nH]c(=O)c4[nH]ccc34)ccc21. The summed E-state index contributed by atoms with van der Waals surface area (Å²) in [7, 11) is 1.94. The zero-order valence-corrected chi connectivity index (χ0v) is 19.3. The van der Waals surface area contributed by atoms with Crippen molar-refractivity contribution in [3.8, 4) is 22.6 Å². The second kappa shape index (κ2) is 8.47. The number of para-hydroxylation sites is 1. The van der Waals surface area contributed by atoms with Crippen molar-refractivity contribution in [2.45, 2.75) is 25.8 Å². The molecule has 1 saturated carbocycles. The van der Waals surface area contributed by atoms with Crippen LogP contribution in [0.2, 0.25) is 0 Å². The molecule has 0 radical (unpaired) electrons. The predicted octanol–water partition coefficient (Wildman–Crippen LogP) is 4.62. The number of H-pyrrole nitrogens is 2. The molecule has 0 spiro atoms. The van der Waals surface area contributed by atoms with E-state index in [2.05, 4.69) is 15.3 Å². The predicted molar refractivity (Wildman–Crippen MR) is 134 cm³/mol. The summed E-state index contributed by atoms with van der Waals surface area (Å²) in [6.07, 6.45) is 6.50. The maximum atomic E-state index is 12.4. The van der Waals surface area contributed by atoms with E-state index in [0.717, 1.165) is 47.1 Å². The molecule has 8 heteroatoms. The van der Waals surface area contributed by atoms with Gasteiger partial charge in [0, 0.05) is 41.9 Å². The number of carbonyl (C=O) groups is 1. The highest BCUT2D eigenvalue weighted by atomic mass is 16.5. The van der Waals surface area contributed by atoms with Crippen molar-refractivity contribution in [1.29, 1.82) is 0 Å². The summed E-state index contributed by atoms with van der Waals surface area (Å²) in [5.41, 5.74) is 3.56. The molecule has 35 heavy (non-hydrogen) atoms. The first kappa shape index (κ1) is 21.2. The van der Waals surface area contributed by atoms with Crippen LogP contribution < -0.4 is 15.6 Å². The number of aromatic amines is 2. The number of ether oxygens (including phenoxy) is 1. The Morgan fingerprint density at radius 1 is 1.11 bits per heavy atom. The van der Waals surface area contributed by atoms with Gasteiger partial charge in [-0.3, -0.25) is 9.59 Å². The summed E-state index contributed by atoms with van der Waals surface area (Å²) in [6, 6.07) is 15.4. The fourth-order valence-electron chi connectivity index (χ4n) is 4.64. The fourth-order valence-corrected chi connectivity index (χ4v) is 4.64. The van der Waals surface area contributed by atoms with Gasteiger partial charge in [-0.2, -0.15) is 0 Å². The number of carbonyl (C=O) groups excluding carboxylic acids is 1. The van der Waals surface area contributed by atoms with E-state index in [-0.39, 0.29) is 17.4 Å². The lowest BCUT2D eigenvalue weighted by Gasteiger charge is -2.23. The largest absolute Gasteiger partial charge is 0.454 e. The summed E-state index contributed by atoms with van der Waals surface area (Å²) in [6.45, 7) is 0.349. The van der Waals surface area contributed by atoms with Crippen molar-refractivity contribution in [3.63, 3.8) is 0 Å². The Balaban J connectivity index is 1.48. The van der Waals surface area contributed by atoms with E-state index in [1.807, 2.05) is 60.1 Å². The van der Waals surface area contributed by atoms with Gasteiger partial charge in [0.2, 0.25) is 5.91 Å². The molecule has 3 aromatic heterocycles. The zero-order chi connectivity index (χ0) is 23.9. The third-order valence-corrected chi connectivity index (χ3v) is 6.86. The number of nitrogens with one attached hydrogen (secondary N) is 3. The number of imidazole rings is 1. The lowest BCUT2D eigenvalue weighted by molar-refractivity contribution is -0.127. The molecule has 0 atom stereocenters. The molecule has 1 fully saturated rings. The van der Waals surface area contributed by atoms with Crippen LogP contribution in [-0.4, -0.2) is 25.4 Å². The second-order valence-electron chi connectivity index (χ2n) is 8.96. The summed E-state index contributed by atoms with van der Waals surface area (Å²) < 4.78 is 8.41. The number of benzene rings is 2. The molecule has 1 aliphatic rings. The quantitative estimate of drug-likeness (QED) is 0.339. The van der Waals surface area contributed by atoms with Gasteiger partial charge in [0.05, 0.1) is 12.1 Å². The molecule has 8 nitrogen and oxygen atoms in total. The Morgan fingerprint density at radius 2 is 1.94 bits per heavy atom. The maximum absolute atomic E-state index is 12.4. The topological polar surface area (TPSA) is 105 Å². The lowest BCUT2D eigenvalue weighted by Crippen LogP contribution is -2.34. The Labute approximate surface area is 201 Å². The highest BCUT2D eigenvalue weighted by Gasteiger charge is 2.26. The Bertz CT molecular complexity index is 1610. The number of fused-ring (bicyclic) bond motifs is 2. The van der Waals surface area contributed by atoms with Crippen LogP contribution in [0.1, 0.15) is 25.1 Å². The van der Waals surface area contributed by atoms with E-state index >= 15 is 0 Å².